The Balaban J connectivity index is 1.38. The number of carbonyl (C=O) groups excluding carboxylic acids is 1. The maximum Gasteiger partial charge on any atom is 0.276 e. The lowest BCUT2D eigenvalue weighted by Gasteiger charge is -2.08. The highest BCUT2D eigenvalue weighted by atomic mass is 79.9. The van der Waals surface area contributed by atoms with Crippen molar-refractivity contribution in [2.24, 2.45) is 0 Å². The summed E-state index contributed by atoms with van der Waals surface area (Å²) in [5, 5.41) is 11.6. The quantitative estimate of drug-likeness (QED) is 0.337. The molecule has 10 heteroatoms. The van der Waals surface area contributed by atoms with Crippen LogP contribution in [0.25, 0.3) is 0 Å². The van der Waals surface area contributed by atoms with Crippen molar-refractivity contribution >= 4 is 39.1 Å². The monoisotopic (exact) mass is 531 g/mol. The maximum absolute atomic E-state index is 13.2. The van der Waals surface area contributed by atoms with Crippen LogP contribution in [0.3, 0.4) is 0 Å². The van der Waals surface area contributed by atoms with Gasteiger partial charge in [0.1, 0.15) is 11.6 Å². The molecule has 0 aliphatic heterocycles. The summed E-state index contributed by atoms with van der Waals surface area (Å²) in [5.74, 6) is -0.465. The Hall–Kier alpha value is -3.17. The molecule has 0 unspecified atom stereocenters. The second-order valence-electron chi connectivity index (χ2n) is 7.39. The van der Waals surface area contributed by atoms with Crippen molar-refractivity contribution in [2.45, 2.75) is 27.1 Å². The highest BCUT2D eigenvalue weighted by Gasteiger charge is 2.12. The van der Waals surface area contributed by atoms with Crippen LogP contribution < -0.4 is 10.1 Å². The van der Waals surface area contributed by atoms with Gasteiger partial charge in [0.25, 0.3) is 5.91 Å². The van der Waals surface area contributed by atoms with E-state index in [4.69, 9.17) is 16.3 Å². The van der Waals surface area contributed by atoms with Gasteiger partial charge in [-0.05, 0) is 65.7 Å². The van der Waals surface area contributed by atoms with Crippen molar-refractivity contribution in [3.63, 3.8) is 0 Å². The lowest BCUT2D eigenvalue weighted by Crippen LogP contribution is -2.14. The highest BCUT2D eigenvalue weighted by molar-refractivity contribution is 9.10. The zero-order chi connectivity index (χ0) is 23.5. The van der Waals surface area contributed by atoms with E-state index in [1.165, 1.54) is 22.9 Å². The van der Waals surface area contributed by atoms with Gasteiger partial charge in [-0.1, -0.05) is 23.7 Å². The summed E-state index contributed by atoms with van der Waals surface area (Å²) in [6.07, 6.45) is 1.62. The summed E-state index contributed by atoms with van der Waals surface area (Å²) >= 11 is 9.29. The van der Waals surface area contributed by atoms with Crippen LogP contribution in [-0.2, 0) is 13.3 Å². The number of rotatable bonds is 7. The number of aryl methyl sites for hydroxylation is 1. The van der Waals surface area contributed by atoms with Crippen LogP contribution in [0.2, 0.25) is 5.02 Å². The summed E-state index contributed by atoms with van der Waals surface area (Å²) in [6, 6.07) is 13.2. The molecule has 1 N–H and O–H groups in total. The first-order valence-electron chi connectivity index (χ1n) is 10.0. The number of anilines is 1. The predicted molar refractivity (Wildman–Crippen MR) is 127 cm³/mol. The average Bonchev–Trinajstić information content (AvgIpc) is 3.36. The Morgan fingerprint density at radius 1 is 1.18 bits per heavy atom. The fourth-order valence-electron chi connectivity index (χ4n) is 3.21. The molecule has 0 aliphatic carbocycles. The minimum Gasteiger partial charge on any atom is -0.471 e. The van der Waals surface area contributed by atoms with Crippen molar-refractivity contribution in [3.8, 4) is 5.75 Å². The van der Waals surface area contributed by atoms with Gasteiger partial charge >= 0.3 is 0 Å². The number of nitrogens with zero attached hydrogens (tertiary/aromatic N) is 4. The third-order valence-electron chi connectivity index (χ3n) is 4.94. The van der Waals surface area contributed by atoms with Crippen LogP contribution in [0, 0.1) is 19.7 Å². The summed E-state index contributed by atoms with van der Waals surface area (Å²) < 4.78 is 23.2. The van der Waals surface area contributed by atoms with Gasteiger partial charge in [0.15, 0.2) is 12.4 Å². The van der Waals surface area contributed by atoms with Gasteiger partial charge in [0.2, 0.25) is 0 Å². The zero-order valence-corrected chi connectivity index (χ0v) is 20.2. The van der Waals surface area contributed by atoms with Gasteiger partial charge in [0, 0.05) is 18.0 Å². The molecule has 4 aromatic rings. The van der Waals surface area contributed by atoms with Crippen LogP contribution in [-0.4, -0.2) is 25.5 Å². The molecule has 4 rings (SSSR count). The van der Waals surface area contributed by atoms with Crippen LogP contribution in [0.15, 0.2) is 59.2 Å². The van der Waals surface area contributed by atoms with Gasteiger partial charge < -0.3 is 10.1 Å². The van der Waals surface area contributed by atoms with Crippen molar-refractivity contribution in [1.82, 2.24) is 19.6 Å². The Morgan fingerprint density at radius 3 is 2.73 bits per heavy atom. The normalized spacial score (nSPS) is 10.9. The maximum atomic E-state index is 13.2. The molecule has 33 heavy (non-hydrogen) atoms. The third-order valence-corrected chi connectivity index (χ3v) is 6.38. The molecule has 0 radical (unpaired) electrons. The molecule has 1 amide bonds. The predicted octanol–water partition coefficient (Wildman–Crippen LogP) is 5.59. The van der Waals surface area contributed by atoms with Gasteiger partial charge in [0.05, 0.1) is 27.4 Å². The molecule has 170 valence electrons. The van der Waals surface area contributed by atoms with E-state index in [0.717, 1.165) is 21.4 Å². The average molecular weight is 533 g/mol. The lowest BCUT2D eigenvalue weighted by atomic mass is 10.2. The van der Waals surface area contributed by atoms with E-state index >= 15 is 0 Å². The first-order valence-corrected chi connectivity index (χ1v) is 11.2. The highest BCUT2D eigenvalue weighted by Crippen LogP contribution is 2.22. The number of amides is 1. The smallest absolute Gasteiger partial charge is 0.276 e. The van der Waals surface area contributed by atoms with Crippen molar-refractivity contribution < 1.29 is 13.9 Å². The van der Waals surface area contributed by atoms with E-state index < -0.39 is 5.82 Å². The lowest BCUT2D eigenvalue weighted by molar-refractivity contribution is 0.102. The number of hydrogen-bond acceptors (Lipinski definition) is 4. The molecule has 0 saturated carbocycles. The number of aromatic nitrogens is 4. The van der Waals surface area contributed by atoms with E-state index in [-0.39, 0.29) is 23.4 Å². The van der Waals surface area contributed by atoms with E-state index in [0.29, 0.717) is 18.0 Å². The van der Waals surface area contributed by atoms with Crippen LogP contribution in [0.4, 0.5) is 10.1 Å². The van der Waals surface area contributed by atoms with Crippen LogP contribution in [0.5, 0.6) is 5.75 Å². The molecule has 0 aliphatic rings. The summed E-state index contributed by atoms with van der Waals surface area (Å²) in [7, 11) is 0. The molecule has 2 aromatic carbocycles. The summed E-state index contributed by atoms with van der Waals surface area (Å²) in [6.45, 7) is 4.58. The fourth-order valence-corrected chi connectivity index (χ4v) is 3.66. The Morgan fingerprint density at radius 2 is 2.00 bits per heavy atom. The van der Waals surface area contributed by atoms with Gasteiger partial charge in [-0.25, -0.2) is 9.07 Å². The number of ether oxygens (including phenoxy) is 1. The van der Waals surface area contributed by atoms with Crippen molar-refractivity contribution in [1.29, 1.82) is 0 Å². The fraction of sp³-hybridized carbons (Fsp3) is 0.174. The SMILES string of the molecule is Cc1nn(Cc2cccc(NC(=O)c3ccn(COc4ccc(F)c(Cl)c4)n3)c2)c(C)c1Br. The minimum atomic E-state index is -0.520. The molecule has 0 bridgehead atoms. The topological polar surface area (TPSA) is 74.0 Å². The minimum absolute atomic E-state index is 0.0271. The number of benzene rings is 2. The molecule has 0 atom stereocenters. The molecular formula is C23H20BrClFN5O2. The van der Waals surface area contributed by atoms with Gasteiger partial charge in [-0.2, -0.15) is 10.2 Å². The Labute approximate surface area is 203 Å². The van der Waals surface area contributed by atoms with Crippen molar-refractivity contribution in [2.75, 3.05) is 5.32 Å². The van der Waals surface area contributed by atoms with Crippen LogP contribution in [0.1, 0.15) is 27.4 Å². The number of halogens is 3. The second kappa shape index (κ2) is 9.76. The number of hydrogen-bond donors (Lipinski definition) is 1. The second-order valence-corrected chi connectivity index (χ2v) is 8.59. The third kappa shape index (κ3) is 5.43. The molecule has 0 fully saturated rings. The van der Waals surface area contributed by atoms with Gasteiger partial charge in [-0.3, -0.25) is 9.48 Å². The standard InChI is InChI=1S/C23H20BrClFN5O2/c1-14-22(24)15(2)31(28-14)12-16-4-3-5-17(10-16)27-23(32)21-8-9-30(29-21)13-33-18-6-7-20(26)19(25)11-18/h3-11H,12-13H2,1-2H3,(H,27,32). The summed E-state index contributed by atoms with van der Waals surface area (Å²) in [5.41, 5.74) is 3.87. The molecular weight excluding hydrogens is 513 g/mol. The van der Waals surface area contributed by atoms with E-state index in [1.807, 2.05) is 42.8 Å². The number of carbonyl (C=O) groups is 1. The molecule has 0 spiro atoms. The molecule has 2 heterocycles. The van der Waals surface area contributed by atoms with Crippen LogP contribution >= 0.6 is 27.5 Å². The Bertz CT molecular complexity index is 1320. The molecule has 2 aromatic heterocycles. The first-order chi connectivity index (χ1) is 15.8. The zero-order valence-electron chi connectivity index (χ0n) is 17.8. The number of nitrogens with one attached hydrogen (secondary N) is 1. The van der Waals surface area contributed by atoms with E-state index in [2.05, 4.69) is 31.4 Å². The van der Waals surface area contributed by atoms with Crippen molar-refractivity contribution in [3.05, 3.63) is 92.7 Å². The largest absolute Gasteiger partial charge is 0.471 e. The van der Waals surface area contributed by atoms with Gasteiger partial charge in [-0.15, -0.1) is 0 Å². The summed E-state index contributed by atoms with van der Waals surface area (Å²) in [4.78, 5) is 12.6. The van der Waals surface area contributed by atoms with E-state index in [9.17, 15) is 9.18 Å². The first kappa shape index (κ1) is 23.0. The van der Waals surface area contributed by atoms with E-state index in [1.54, 1.807) is 12.3 Å². The molecule has 0 saturated heterocycles. The molecule has 7 nitrogen and oxygen atoms in total. The Kier molecular flexibility index (Phi) is 6.80.